The highest BCUT2D eigenvalue weighted by Gasteiger charge is 2.31. The molecule has 4 aromatic rings. The number of anilines is 1. The number of nitro groups is 1. The summed E-state index contributed by atoms with van der Waals surface area (Å²) < 4.78 is 44.9. The number of benzene rings is 3. The van der Waals surface area contributed by atoms with E-state index in [1.165, 1.54) is 36.8 Å². The Bertz CT molecular complexity index is 1470. The van der Waals surface area contributed by atoms with Crippen molar-refractivity contribution in [1.29, 1.82) is 0 Å². The summed E-state index contributed by atoms with van der Waals surface area (Å²) in [5.41, 5.74) is 0.214. The molecule has 0 saturated carbocycles. The van der Waals surface area contributed by atoms with E-state index < -0.39 is 22.4 Å². The molecule has 194 valence electrons. The maximum atomic E-state index is 13.6. The Hall–Kier alpha value is -4.47. The van der Waals surface area contributed by atoms with Gasteiger partial charge in [0, 0.05) is 36.0 Å². The third-order valence-corrected chi connectivity index (χ3v) is 6.50. The molecule has 1 fully saturated rings. The second-order valence-corrected chi connectivity index (χ2v) is 8.97. The molecule has 1 saturated heterocycles. The van der Waals surface area contributed by atoms with E-state index in [1.807, 2.05) is 12.1 Å². The van der Waals surface area contributed by atoms with Crippen LogP contribution in [0.25, 0.3) is 22.8 Å². The van der Waals surface area contributed by atoms with Gasteiger partial charge < -0.3 is 9.32 Å². The molecule has 7 nitrogen and oxygen atoms in total. The third-order valence-electron chi connectivity index (χ3n) is 6.50. The Morgan fingerprint density at radius 1 is 0.921 bits per heavy atom. The van der Waals surface area contributed by atoms with E-state index in [1.54, 1.807) is 18.2 Å². The summed E-state index contributed by atoms with van der Waals surface area (Å²) in [5, 5.41) is 11.7. The van der Waals surface area contributed by atoms with Crippen molar-refractivity contribution in [2.45, 2.75) is 25.4 Å². The van der Waals surface area contributed by atoms with Crippen LogP contribution in [-0.2, 0) is 6.18 Å². The van der Waals surface area contributed by atoms with E-state index in [9.17, 15) is 28.1 Å². The first kappa shape index (κ1) is 25.2. The molecule has 0 spiro atoms. The molecule has 0 aliphatic carbocycles. The summed E-state index contributed by atoms with van der Waals surface area (Å²) in [7, 11) is 0. The van der Waals surface area contributed by atoms with E-state index in [0.29, 0.717) is 5.56 Å². The highest BCUT2D eigenvalue weighted by molar-refractivity contribution is 6.11. The summed E-state index contributed by atoms with van der Waals surface area (Å²) in [4.78, 5) is 31.2. The van der Waals surface area contributed by atoms with E-state index >= 15 is 0 Å². The van der Waals surface area contributed by atoms with Crippen molar-refractivity contribution in [3.63, 3.8) is 0 Å². The largest absolute Gasteiger partial charge is 0.435 e. The number of carbonyl (C=O) groups is 1. The Labute approximate surface area is 215 Å². The van der Waals surface area contributed by atoms with Crippen LogP contribution in [0, 0.1) is 10.1 Å². The van der Waals surface area contributed by atoms with Crippen LogP contribution in [-0.4, -0.2) is 28.8 Å². The number of nitro benzene ring substituents is 1. The Kier molecular flexibility index (Phi) is 6.71. The zero-order valence-corrected chi connectivity index (χ0v) is 20.1. The number of rotatable bonds is 6. The summed E-state index contributed by atoms with van der Waals surface area (Å²) in [6.07, 6.45) is -1.13. The Balaban J connectivity index is 1.56. The number of oxazole rings is 1. The zero-order valence-electron chi connectivity index (χ0n) is 20.1. The van der Waals surface area contributed by atoms with Crippen LogP contribution in [0.4, 0.5) is 24.5 Å². The molecule has 2 heterocycles. The van der Waals surface area contributed by atoms with Crippen molar-refractivity contribution in [2.75, 3.05) is 18.0 Å². The molecule has 1 aliphatic rings. The molecular weight excluding hydrogens is 499 g/mol. The fourth-order valence-corrected chi connectivity index (χ4v) is 4.52. The van der Waals surface area contributed by atoms with Gasteiger partial charge in [-0.25, -0.2) is 4.98 Å². The number of aromatic nitrogens is 1. The number of alkyl halides is 3. The number of nitrogens with zero attached hydrogens (tertiary/aromatic N) is 3. The highest BCUT2D eigenvalue weighted by Crippen LogP contribution is 2.37. The molecule has 0 bridgehead atoms. The first-order chi connectivity index (χ1) is 18.2. The quantitative estimate of drug-likeness (QED) is 0.152. The maximum absolute atomic E-state index is 13.6. The monoisotopic (exact) mass is 521 g/mol. The predicted octanol–water partition coefficient (Wildman–Crippen LogP) is 7.16. The predicted molar refractivity (Wildman–Crippen MR) is 135 cm³/mol. The van der Waals surface area contributed by atoms with Crippen molar-refractivity contribution in [3.8, 4) is 22.8 Å². The molecule has 1 aliphatic heterocycles. The Morgan fingerprint density at radius 2 is 1.58 bits per heavy atom. The fraction of sp³-hybridized carbons (Fsp3) is 0.214. The molecule has 1 aromatic heterocycles. The van der Waals surface area contributed by atoms with Crippen LogP contribution in [0.1, 0.15) is 40.9 Å². The second kappa shape index (κ2) is 10.1. The first-order valence-corrected chi connectivity index (χ1v) is 12.0. The molecule has 0 radical (unpaired) electrons. The van der Waals surface area contributed by atoms with Crippen LogP contribution < -0.4 is 4.90 Å². The van der Waals surface area contributed by atoms with Gasteiger partial charge in [-0.1, -0.05) is 12.1 Å². The highest BCUT2D eigenvalue weighted by atomic mass is 19.4. The lowest BCUT2D eigenvalue weighted by Gasteiger charge is -2.28. The molecule has 0 N–H and O–H groups in total. The van der Waals surface area contributed by atoms with Crippen LogP contribution >= 0.6 is 0 Å². The van der Waals surface area contributed by atoms with Crippen molar-refractivity contribution in [2.24, 2.45) is 0 Å². The molecular formula is C28H22F3N3O4. The number of piperidine rings is 1. The Morgan fingerprint density at radius 3 is 2.21 bits per heavy atom. The number of ketones is 1. The average Bonchev–Trinajstić information content (AvgIpc) is 3.38. The molecule has 10 heteroatoms. The van der Waals surface area contributed by atoms with Crippen LogP contribution in [0.5, 0.6) is 0 Å². The zero-order chi connectivity index (χ0) is 26.9. The molecule has 0 unspecified atom stereocenters. The molecule has 3 aromatic carbocycles. The minimum atomic E-state index is -4.52. The SMILES string of the molecule is O=C(c1ccc(N2CCCCC2)cc1)c1nc(-c2ccc(C(F)(F)F)cc2)oc1-c1ccccc1[N+](=O)[O-]. The van der Waals surface area contributed by atoms with Gasteiger partial charge in [-0.15, -0.1) is 0 Å². The standard InChI is InChI=1S/C28H22F3N3O4/c29-28(30,31)20-12-8-19(9-13-20)27-32-24(26(38-27)22-6-2-3-7-23(22)34(36)37)25(35)18-10-14-21(15-11-18)33-16-4-1-5-17-33/h2-3,6-15H,1,4-5,16-17H2. The van der Waals surface area contributed by atoms with Crippen LogP contribution in [0.15, 0.2) is 77.2 Å². The molecule has 5 rings (SSSR count). The van der Waals surface area contributed by atoms with Gasteiger partial charge in [0.15, 0.2) is 11.5 Å². The van der Waals surface area contributed by atoms with Gasteiger partial charge in [-0.2, -0.15) is 13.2 Å². The van der Waals surface area contributed by atoms with E-state index in [0.717, 1.165) is 43.8 Å². The van der Waals surface area contributed by atoms with Gasteiger partial charge in [0.05, 0.1) is 16.1 Å². The lowest BCUT2D eigenvalue weighted by molar-refractivity contribution is -0.384. The molecule has 0 amide bonds. The van der Waals surface area contributed by atoms with Gasteiger partial charge >= 0.3 is 6.18 Å². The van der Waals surface area contributed by atoms with Crippen molar-refractivity contribution < 1.29 is 27.3 Å². The van der Waals surface area contributed by atoms with E-state index in [-0.39, 0.29) is 34.2 Å². The van der Waals surface area contributed by atoms with Gasteiger partial charge in [0.25, 0.3) is 5.69 Å². The smallest absolute Gasteiger partial charge is 0.416 e. The number of para-hydroxylation sites is 1. The molecule has 38 heavy (non-hydrogen) atoms. The lowest BCUT2D eigenvalue weighted by Crippen LogP contribution is -2.29. The number of halogens is 3. The van der Waals surface area contributed by atoms with Gasteiger partial charge in [-0.05, 0) is 73.9 Å². The van der Waals surface area contributed by atoms with Crippen molar-refractivity contribution >= 4 is 17.2 Å². The summed E-state index contributed by atoms with van der Waals surface area (Å²) in [6, 6.07) is 16.9. The van der Waals surface area contributed by atoms with Crippen molar-refractivity contribution in [3.05, 3.63) is 99.7 Å². The minimum Gasteiger partial charge on any atom is -0.435 e. The lowest BCUT2D eigenvalue weighted by atomic mass is 10.0. The first-order valence-electron chi connectivity index (χ1n) is 12.0. The second-order valence-electron chi connectivity index (χ2n) is 8.97. The summed E-state index contributed by atoms with van der Waals surface area (Å²) in [6.45, 7) is 1.88. The van der Waals surface area contributed by atoms with Crippen LogP contribution in [0.3, 0.4) is 0 Å². The van der Waals surface area contributed by atoms with E-state index in [4.69, 9.17) is 4.42 Å². The van der Waals surface area contributed by atoms with Gasteiger partial charge in [0.2, 0.25) is 11.7 Å². The normalized spacial score (nSPS) is 13.9. The number of carbonyl (C=O) groups excluding carboxylic acids is 1. The van der Waals surface area contributed by atoms with E-state index in [2.05, 4.69) is 9.88 Å². The third kappa shape index (κ3) is 5.02. The molecule has 0 atom stereocenters. The average molecular weight is 521 g/mol. The fourth-order valence-electron chi connectivity index (χ4n) is 4.52. The maximum Gasteiger partial charge on any atom is 0.416 e. The van der Waals surface area contributed by atoms with Gasteiger partial charge in [0.1, 0.15) is 0 Å². The van der Waals surface area contributed by atoms with Gasteiger partial charge in [-0.3, -0.25) is 14.9 Å². The number of hydrogen-bond donors (Lipinski definition) is 0. The number of hydrogen-bond acceptors (Lipinski definition) is 6. The van der Waals surface area contributed by atoms with Crippen LogP contribution in [0.2, 0.25) is 0 Å². The van der Waals surface area contributed by atoms with Crippen molar-refractivity contribution in [1.82, 2.24) is 4.98 Å². The summed E-state index contributed by atoms with van der Waals surface area (Å²) in [5.74, 6) is -0.775. The minimum absolute atomic E-state index is 0.0384. The topological polar surface area (TPSA) is 89.5 Å². The summed E-state index contributed by atoms with van der Waals surface area (Å²) >= 11 is 0.